The van der Waals surface area contributed by atoms with Gasteiger partial charge in [-0.2, -0.15) is 0 Å². The second-order valence-electron chi connectivity index (χ2n) is 6.12. The highest BCUT2D eigenvalue weighted by atomic mass is 32.2. The maximum atomic E-state index is 12.7. The summed E-state index contributed by atoms with van der Waals surface area (Å²) in [5.74, 6) is -0.570. The lowest BCUT2D eigenvalue weighted by Gasteiger charge is -2.09. The average molecular weight is 386 g/mol. The number of hydrogen-bond acceptors (Lipinski definition) is 6. The van der Waals surface area contributed by atoms with Crippen molar-refractivity contribution in [2.24, 2.45) is 7.05 Å². The van der Waals surface area contributed by atoms with Gasteiger partial charge in [-0.1, -0.05) is 0 Å². The molecule has 0 fully saturated rings. The summed E-state index contributed by atoms with van der Waals surface area (Å²) in [6, 6.07) is 10.2. The first-order valence-electron chi connectivity index (χ1n) is 7.91. The highest BCUT2D eigenvalue weighted by Gasteiger charge is 2.17. The molecule has 4 aromatic rings. The van der Waals surface area contributed by atoms with E-state index in [2.05, 4.69) is 4.72 Å². The van der Waals surface area contributed by atoms with Crippen LogP contribution in [0.4, 0.5) is 5.69 Å². The maximum absolute atomic E-state index is 12.7. The molecule has 0 unspecified atom stereocenters. The highest BCUT2D eigenvalue weighted by molar-refractivity contribution is 7.92. The van der Waals surface area contributed by atoms with Crippen LogP contribution in [0.2, 0.25) is 0 Å². The van der Waals surface area contributed by atoms with Gasteiger partial charge in [0.05, 0.1) is 10.4 Å². The summed E-state index contributed by atoms with van der Waals surface area (Å²) in [5, 5.41) is 0.624. The number of aromatic nitrogens is 1. The Kier molecular flexibility index (Phi) is 3.70. The second kappa shape index (κ2) is 5.85. The molecule has 27 heavy (non-hydrogen) atoms. The van der Waals surface area contributed by atoms with E-state index in [0.717, 1.165) is 0 Å². The van der Waals surface area contributed by atoms with Crippen LogP contribution in [0.1, 0.15) is 5.56 Å². The number of aryl methyl sites for hydroxylation is 2. The number of nitrogens with one attached hydrogen (secondary N) is 1. The molecule has 9 heteroatoms. The molecular formula is C18H14N2O6S. The summed E-state index contributed by atoms with van der Waals surface area (Å²) < 4.78 is 39.3. The number of fused-ring (bicyclic) bond motifs is 2. The summed E-state index contributed by atoms with van der Waals surface area (Å²) in [4.78, 5) is 23.0. The van der Waals surface area contributed by atoms with Crippen molar-refractivity contribution in [2.45, 2.75) is 11.8 Å². The SMILES string of the molecule is Cc1cc(=O)oc2ccc(NS(=O)(=O)c3ccc4c(c3)oc(=O)n4C)cc12. The molecule has 0 radical (unpaired) electrons. The lowest BCUT2D eigenvalue weighted by Crippen LogP contribution is -2.13. The van der Waals surface area contributed by atoms with Crippen molar-refractivity contribution in [2.75, 3.05) is 4.72 Å². The molecule has 4 rings (SSSR count). The number of sulfonamides is 1. The number of oxazole rings is 1. The molecule has 8 nitrogen and oxygen atoms in total. The summed E-state index contributed by atoms with van der Waals surface area (Å²) in [6.07, 6.45) is 0. The Balaban J connectivity index is 1.76. The van der Waals surface area contributed by atoms with Gasteiger partial charge < -0.3 is 8.83 Å². The summed E-state index contributed by atoms with van der Waals surface area (Å²) in [5.41, 5.74) is 1.57. The summed E-state index contributed by atoms with van der Waals surface area (Å²) >= 11 is 0. The number of nitrogens with zero attached hydrogens (tertiary/aromatic N) is 1. The molecule has 1 N–H and O–H groups in total. The van der Waals surface area contributed by atoms with Crippen molar-refractivity contribution in [1.82, 2.24) is 4.57 Å². The highest BCUT2D eigenvalue weighted by Crippen LogP contribution is 2.24. The average Bonchev–Trinajstić information content (AvgIpc) is 2.89. The van der Waals surface area contributed by atoms with Gasteiger partial charge in [0.1, 0.15) is 5.58 Å². The van der Waals surface area contributed by atoms with E-state index in [4.69, 9.17) is 8.83 Å². The van der Waals surface area contributed by atoms with Crippen LogP contribution in [0.25, 0.3) is 22.1 Å². The van der Waals surface area contributed by atoms with Gasteiger partial charge in [0, 0.05) is 30.3 Å². The van der Waals surface area contributed by atoms with Crippen LogP contribution in [0.15, 0.2) is 65.8 Å². The Bertz CT molecular complexity index is 1430. The van der Waals surface area contributed by atoms with Crippen LogP contribution in [0, 0.1) is 6.92 Å². The van der Waals surface area contributed by atoms with Crippen molar-refractivity contribution in [3.63, 3.8) is 0 Å². The standard InChI is InChI=1S/C18H14N2O6S/c1-10-7-17(21)25-15-6-3-11(8-13(10)15)19-27(23,24)12-4-5-14-16(9-12)26-18(22)20(14)2/h3-9,19H,1-2H3. The Morgan fingerprint density at radius 2 is 1.74 bits per heavy atom. The van der Waals surface area contributed by atoms with Crippen LogP contribution in [0.5, 0.6) is 0 Å². The first-order valence-corrected chi connectivity index (χ1v) is 9.40. The van der Waals surface area contributed by atoms with E-state index in [1.165, 1.54) is 48.0 Å². The molecule has 2 aromatic heterocycles. The fourth-order valence-corrected chi connectivity index (χ4v) is 3.94. The van der Waals surface area contributed by atoms with E-state index in [1.54, 1.807) is 13.0 Å². The van der Waals surface area contributed by atoms with Crippen molar-refractivity contribution in [1.29, 1.82) is 0 Å². The van der Waals surface area contributed by atoms with Gasteiger partial charge in [0.25, 0.3) is 10.0 Å². The Morgan fingerprint density at radius 1 is 0.963 bits per heavy atom. The van der Waals surface area contributed by atoms with Crippen LogP contribution in [-0.4, -0.2) is 13.0 Å². The van der Waals surface area contributed by atoms with Gasteiger partial charge in [-0.05, 0) is 42.8 Å². The van der Waals surface area contributed by atoms with Crippen molar-refractivity contribution in [3.05, 3.63) is 69.0 Å². The number of rotatable bonds is 3. The lowest BCUT2D eigenvalue weighted by molar-refractivity contribution is 0.527. The topological polar surface area (TPSA) is 112 Å². The minimum Gasteiger partial charge on any atom is -0.423 e. The van der Waals surface area contributed by atoms with Crippen LogP contribution < -0.4 is 16.1 Å². The second-order valence-corrected chi connectivity index (χ2v) is 7.80. The number of anilines is 1. The quantitative estimate of drug-likeness (QED) is 0.541. The zero-order valence-electron chi connectivity index (χ0n) is 14.3. The third-order valence-electron chi connectivity index (χ3n) is 4.28. The van der Waals surface area contributed by atoms with Crippen molar-refractivity contribution >= 4 is 37.8 Å². The minimum atomic E-state index is -3.91. The van der Waals surface area contributed by atoms with E-state index in [1.807, 2.05) is 0 Å². The van der Waals surface area contributed by atoms with Gasteiger partial charge in [0.2, 0.25) is 0 Å². The van der Waals surface area contributed by atoms with Gasteiger partial charge >= 0.3 is 11.4 Å². The van der Waals surface area contributed by atoms with Crippen LogP contribution in [0.3, 0.4) is 0 Å². The van der Waals surface area contributed by atoms with Crippen molar-refractivity contribution < 1.29 is 17.3 Å². The molecule has 0 bridgehead atoms. The van der Waals surface area contributed by atoms with Crippen molar-refractivity contribution in [3.8, 4) is 0 Å². The molecule has 2 heterocycles. The Morgan fingerprint density at radius 3 is 2.52 bits per heavy atom. The predicted octanol–water partition coefficient (Wildman–Crippen LogP) is 2.35. The third-order valence-corrected chi connectivity index (χ3v) is 5.65. The molecule has 2 aromatic carbocycles. The zero-order valence-corrected chi connectivity index (χ0v) is 15.2. The molecule has 138 valence electrons. The first kappa shape index (κ1) is 17.1. The minimum absolute atomic E-state index is 0.0410. The lowest BCUT2D eigenvalue weighted by atomic mass is 10.1. The van der Waals surface area contributed by atoms with Gasteiger partial charge in [-0.25, -0.2) is 18.0 Å². The molecule has 0 atom stereocenters. The molecule has 0 amide bonds. The summed E-state index contributed by atoms with van der Waals surface area (Å²) in [6.45, 7) is 1.74. The van der Waals surface area contributed by atoms with E-state index in [0.29, 0.717) is 27.7 Å². The monoisotopic (exact) mass is 386 g/mol. The smallest absolute Gasteiger partial charge is 0.419 e. The first-order chi connectivity index (χ1) is 12.7. The van der Waals surface area contributed by atoms with Crippen LogP contribution >= 0.6 is 0 Å². The number of benzene rings is 2. The molecule has 0 aliphatic rings. The Hall–Kier alpha value is -3.33. The fourth-order valence-electron chi connectivity index (χ4n) is 2.88. The van der Waals surface area contributed by atoms with E-state index in [9.17, 15) is 18.0 Å². The molecular weight excluding hydrogens is 372 g/mol. The molecule has 0 aliphatic heterocycles. The van der Waals surface area contributed by atoms with Gasteiger partial charge in [-0.3, -0.25) is 9.29 Å². The molecule has 0 aliphatic carbocycles. The normalized spacial score (nSPS) is 11.9. The van der Waals surface area contributed by atoms with E-state index >= 15 is 0 Å². The largest absolute Gasteiger partial charge is 0.423 e. The fraction of sp³-hybridized carbons (Fsp3) is 0.111. The maximum Gasteiger partial charge on any atom is 0.419 e. The van der Waals surface area contributed by atoms with Gasteiger partial charge in [-0.15, -0.1) is 0 Å². The zero-order chi connectivity index (χ0) is 19.3. The summed E-state index contributed by atoms with van der Waals surface area (Å²) in [7, 11) is -2.37. The number of hydrogen-bond donors (Lipinski definition) is 1. The van der Waals surface area contributed by atoms with E-state index in [-0.39, 0.29) is 10.5 Å². The van der Waals surface area contributed by atoms with Crippen LogP contribution in [-0.2, 0) is 17.1 Å². The Labute approximate surface area is 152 Å². The third kappa shape index (κ3) is 2.91. The molecule has 0 spiro atoms. The molecule has 0 saturated heterocycles. The van der Waals surface area contributed by atoms with E-state index < -0.39 is 21.4 Å². The van der Waals surface area contributed by atoms with Gasteiger partial charge in [0.15, 0.2) is 5.58 Å². The molecule has 0 saturated carbocycles. The predicted molar refractivity (Wildman–Crippen MR) is 99.5 cm³/mol.